The zero-order valence-corrected chi connectivity index (χ0v) is 18.9. The minimum Gasteiger partial charge on any atom is -1.00 e. The van der Waals surface area contributed by atoms with E-state index < -0.39 is 0 Å². The number of hydrogen-bond donors (Lipinski definition) is 0. The second-order valence-electron chi connectivity index (χ2n) is 6.18. The van der Waals surface area contributed by atoms with Gasteiger partial charge in [0.2, 0.25) is 5.69 Å². The predicted octanol–water partition coefficient (Wildman–Crippen LogP) is 2.48. The predicted molar refractivity (Wildman–Crippen MR) is 109 cm³/mol. The molecule has 2 aromatic carbocycles. The van der Waals surface area contributed by atoms with Crippen LogP contribution in [0.4, 0.5) is 5.69 Å². The fourth-order valence-corrected chi connectivity index (χ4v) is 5.30. The number of para-hydroxylation sites is 1. The van der Waals surface area contributed by atoms with Crippen molar-refractivity contribution in [1.29, 1.82) is 0 Å². The number of hydrogen-bond acceptors (Lipinski definition) is 3. The first-order valence-corrected chi connectivity index (χ1v) is 10.2. The normalized spacial score (nSPS) is 14.4. The Morgan fingerprint density at radius 1 is 1.08 bits per heavy atom. The highest BCUT2D eigenvalue weighted by Gasteiger charge is 2.25. The van der Waals surface area contributed by atoms with Crippen molar-refractivity contribution in [2.45, 2.75) is 18.7 Å². The smallest absolute Gasteiger partial charge is 0.264 e. The van der Waals surface area contributed by atoms with Crippen LogP contribution in [0, 0.1) is 6.92 Å². The molecule has 1 aliphatic heterocycles. The van der Waals surface area contributed by atoms with E-state index in [1.54, 1.807) is 11.3 Å². The van der Waals surface area contributed by atoms with Gasteiger partial charge in [0.1, 0.15) is 7.05 Å². The number of thiazole rings is 1. The summed E-state index contributed by atoms with van der Waals surface area (Å²) >= 11 is 3.66. The molecule has 4 rings (SSSR count). The highest BCUT2D eigenvalue weighted by molar-refractivity contribution is 8.03. The van der Waals surface area contributed by atoms with Gasteiger partial charge in [-0.2, -0.15) is 4.57 Å². The summed E-state index contributed by atoms with van der Waals surface area (Å²) in [4.78, 5) is 3.74. The van der Waals surface area contributed by atoms with Gasteiger partial charge in [0, 0.05) is 17.0 Å². The Kier molecular flexibility index (Phi) is 6.10. The van der Waals surface area contributed by atoms with Crippen LogP contribution in [0.3, 0.4) is 0 Å². The monoisotopic (exact) mass is 492 g/mol. The first-order chi connectivity index (χ1) is 12.2. The van der Waals surface area contributed by atoms with Gasteiger partial charge >= 0.3 is 0 Å². The number of aryl methyl sites for hydroxylation is 1. The number of thioether (sulfide) groups is 1. The highest BCUT2D eigenvalue weighted by atomic mass is 127. The molecule has 0 saturated carbocycles. The zero-order chi connectivity index (χ0) is 17.4. The maximum Gasteiger partial charge on any atom is 0.264 e. The molecular formula is C21H21IN2S2. The second-order valence-corrected chi connectivity index (χ2v) is 8.13. The molecule has 2 heterocycles. The minimum atomic E-state index is 0. The molecule has 0 amide bonds. The molecular weight excluding hydrogens is 471 g/mol. The quantitative estimate of drug-likeness (QED) is 0.410. The van der Waals surface area contributed by atoms with E-state index in [9.17, 15) is 0 Å². The van der Waals surface area contributed by atoms with Crippen molar-refractivity contribution < 1.29 is 28.5 Å². The van der Waals surface area contributed by atoms with E-state index >= 15 is 0 Å². The Morgan fingerprint density at radius 3 is 2.54 bits per heavy atom. The summed E-state index contributed by atoms with van der Waals surface area (Å²) < 4.78 is 2.29. The SMILES string of the molecule is CCN1/C(=C/c2scc(-c3ccc(C)cc3)[n+]2C)Sc2ccccc21.[I-]. The largest absolute Gasteiger partial charge is 1.00 e. The summed E-state index contributed by atoms with van der Waals surface area (Å²) in [6.45, 7) is 5.32. The molecule has 0 atom stereocenters. The Morgan fingerprint density at radius 2 is 1.81 bits per heavy atom. The molecule has 134 valence electrons. The fourth-order valence-electron chi connectivity index (χ4n) is 3.10. The van der Waals surface area contributed by atoms with Gasteiger partial charge in [0.15, 0.2) is 0 Å². The summed E-state index contributed by atoms with van der Waals surface area (Å²) in [5, 5.41) is 4.82. The average molecular weight is 492 g/mol. The van der Waals surface area contributed by atoms with Gasteiger partial charge in [-0.05, 0) is 38.1 Å². The summed E-state index contributed by atoms with van der Waals surface area (Å²) in [5.41, 5.74) is 5.14. The number of aromatic nitrogens is 1. The third-order valence-electron chi connectivity index (χ3n) is 4.53. The topological polar surface area (TPSA) is 7.12 Å². The van der Waals surface area contributed by atoms with Crippen molar-refractivity contribution >= 4 is 34.9 Å². The number of benzene rings is 2. The van der Waals surface area contributed by atoms with E-state index in [4.69, 9.17) is 0 Å². The first-order valence-electron chi connectivity index (χ1n) is 8.48. The number of fused-ring (bicyclic) bond motifs is 1. The summed E-state index contributed by atoms with van der Waals surface area (Å²) in [5.74, 6) is 0. The Hall–Kier alpha value is -1.31. The van der Waals surface area contributed by atoms with Crippen LogP contribution in [0.15, 0.2) is 63.8 Å². The van der Waals surface area contributed by atoms with E-state index in [-0.39, 0.29) is 24.0 Å². The molecule has 2 nitrogen and oxygen atoms in total. The zero-order valence-electron chi connectivity index (χ0n) is 15.1. The Labute approximate surface area is 180 Å². The lowest BCUT2D eigenvalue weighted by molar-refractivity contribution is -0.657. The van der Waals surface area contributed by atoms with Crippen molar-refractivity contribution in [2.75, 3.05) is 11.4 Å². The maximum atomic E-state index is 2.39. The van der Waals surface area contributed by atoms with Crippen LogP contribution in [0.25, 0.3) is 17.3 Å². The van der Waals surface area contributed by atoms with Crippen LogP contribution < -0.4 is 33.4 Å². The molecule has 1 aliphatic rings. The van der Waals surface area contributed by atoms with Crippen molar-refractivity contribution in [3.05, 3.63) is 69.5 Å². The second kappa shape index (κ2) is 8.15. The summed E-state index contributed by atoms with van der Waals surface area (Å²) in [6.07, 6.45) is 2.32. The number of anilines is 1. The van der Waals surface area contributed by atoms with Crippen LogP contribution in [-0.4, -0.2) is 6.54 Å². The fraction of sp³-hybridized carbons (Fsp3) is 0.190. The molecule has 0 aliphatic carbocycles. The molecule has 0 spiro atoms. The van der Waals surface area contributed by atoms with E-state index in [0.29, 0.717) is 0 Å². The molecule has 1 aromatic heterocycles. The van der Waals surface area contributed by atoms with Gasteiger partial charge in [-0.1, -0.05) is 52.9 Å². The van der Waals surface area contributed by atoms with Gasteiger partial charge in [-0.3, -0.25) is 0 Å². The standard InChI is InChI=1S/C21H21N2S2.HI/c1-4-23-17-7-5-6-8-19(17)25-21(23)13-20-22(3)18(14-24-20)16-11-9-15(2)10-12-16;/h5-14H,4H2,1-3H3;1H/q+1;/p-1. The van der Waals surface area contributed by atoms with E-state index in [0.717, 1.165) is 6.54 Å². The third-order valence-corrected chi connectivity index (χ3v) is 6.62. The van der Waals surface area contributed by atoms with Crippen LogP contribution in [-0.2, 0) is 7.05 Å². The summed E-state index contributed by atoms with van der Waals surface area (Å²) in [6, 6.07) is 17.4. The van der Waals surface area contributed by atoms with Crippen LogP contribution >= 0.6 is 23.1 Å². The molecule has 3 aromatic rings. The van der Waals surface area contributed by atoms with E-state index in [2.05, 4.69) is 90.3 Å². The molecule has 0 unspecified atom stereocenters. The first kappa shape index (κ1) is 19.5. The van der Waals surface area contributed by atoms with Gasteiger partial charge in [-0.15, -0.1) is 0 Å². The van der Waals surface area contributed by atoms with Gasteiger partial charge < -0.3 is 28.9 Å². The van der Waals surface area contributed by atoms with E-state index in [1.165, 1.54) is 37.4 Å². The average Bonchev–Trinajstić information content (AvgIpc) is 3.16. The van der Waals surface area contributed by atoms with Crippen molar-refractivity contribution in [3.8, 4) is 11.3 Å². The molecule has 5 heteroatoms. The van der Waals surface area contributed by atoms with Gasteiger partial charge in [0.05, 0.1) is 22.2 Å². The van der Waals surface area contributed by atoms with Crippen LogP contribution in [0.2, 0.25) is 0 Å². The van der Waals surface area contributed by atoms with Crippen LogP contribution in [0.5, 0.6) is 0 Å². The molecule has 0 N–H and O–H groups in total. The number of halogens is 1. The Bertz CT molecular complexity index is 945. The van der Waals surface area contributed by atoms with E-state index in [1.807, 2.05) is 11.8 Å². The lowest BCUT2D eigenvalue weighted by Gasteiger charge is -2.17. The lowest BCUT2D eigenvalue weighted by atomic mass is 10.1. The number of rotatable bonds is 3. The molecule has 0 radical (unpaired) electrons. The third kappa shape index (κ3) is 3.57. The molecule has 0 saturated heterocycles. The summed E-state index contributed by atoms with van der Waals surface area (Å²) in [7, 11) is 2.15. The van der Waals surface area contributed by atoms with Crippen molar-refractivity contribution in [2.24, 2.45) is 7.05 Å². The molecule has 0 bridgehead atoms. The van der Waals surface area contributed by atoms with Crippen LogP contribution in [0.1, 0.15) is 17.5 Å². The number of nitrogens with zero attached hydrogens (tertiary/aromatic N) is 2. The highest BCUT2D eigenvalue weighted by Crippen LogP contribution is 2.46. The molecule has 0 fully saturated rings. The van der Waals surface area contributed by atoms with Crippen molar-refractivity contribution in [1.82, 2.24) is 0 Å². The Balaban J connectivity index is 0.00000196. The minimum absolute atomic E-state index is 0. The lowest BCUT2D eigenvalue weighted by Crippen LogP contribution is -3.00. The molecule has 26 heavy (non-hydrogen) atoms. The van der Waals surface area contributed by atoms with Gasteiger partial charge in [-0.25, -0.2) is 0 Å². The maximum absolute atomic E-state index is 2.39. The van der Waals surface area contributed by atoms with Crippen molar-refractivity contribution in [3.63, 3.8) is 0 Å². The van der Waals surface area contributed by atoms with Gasteiger partial charge in [0.25, 0.3) is 5.01 Å².